The molecule has 0 aromatic heterocycles. The summed E-state index contributed by atoms with van der Waals surface area (Å²) in [5.41, 5.74) is -0.481. The molecule has 1 rings (SSSR count). The zero-order valence-electron chi connectivity index (χ0n) is 28.1. The van der Waals surface area contributed by atoms with Crippen LogP contribution in [0.1, 0.15) is 100.0 Å². The average molecular weight is 622 g/mol. The van der Waals surface area contributed by atoms with Crippen molar-refractivity contribution in [1.29, 1.82) is 0 Å². The molecule has 11 heteroatoms. The molecule has 0 fully saturated rings. The highest BCUT2D eigenvalue weighted by molar-refractivity contribution is 5.85. The number of ether oxygens (including phenoxy) is 3. The van der Waals surface area contributed by atoms with E-state index in [4.69, 9.17) is 14.2 Å². The molecule has 250 valence electrons. The molecule has 1 unspecified atom stereocenters. The molecule has 4 atom stereocenters. The van der Waals surface area contributed by atoms with Crippen LogP contribution in [0.15, 0.2) is 24.3 Å². The molecule has 11 nitrogen and oxygen atoms in total. The SMILES string of the molecule is CCCCNC(=O)[C@H](C)C[C@H](O)[C@H](Cc1cccc(OCCCC(=O)OC(C)(C)C)c1)NC(=O)C(C)NC(=O)OC(C)(C)C. The summed E-state index contributed by atoms with van der Waals surface area (Å²) < 4.78 is 16.4. The summed E-state index contributed by atoms with van der Waals surface area (Å²) in [6.45, 7) is 16.8. The Labute approximate surface area is 263 Å². The maximum Gasteiger partial charge on any atom is 0.408 e. The van der Waals surface area contributed by atoms with Gasteiger partial charge in [-0.25, -0.2) is 4.79 Å². The molecule has 4 N–H and O–H groups in total. The topological polar surface area (TPSA) is 152 Å². The second-order valence-electron chi connectivity index (χ2n) is 13.2. The van der Waals surface area contributed by atoms with E-state index in [9.17, 15) is 24.3 Å². The molecule has 0 aliphatic heterocycles. The fourth-order valence-electron chi connectivity index (χ4n) is 4.15. The van der Waals surface area contributed by atoms with E-state index in [1.54, 1.807) is 39.8 Å². The molecule has 1 aromatic carbocycles. The van der Waals surface area contributed by atoms with E-state index in [1.165, 1.54) is 6.92 Å². The van der Waals surface area contributed by atoms with Crippen molar-refractivity contribution in [3.05, 3.63) is 29.8 Å². The lowest BCUT2D eigenvalue weighted by Gasteiger charge is -2.28. The summed E-state index contributed by atoms with van der Waals surface area (Å²) in [6, 6.07) is 5.55. The van der Waals surface area contributed by atoms with Crippen LogP contribution >= 0.6 is 0 Å². The zero-order chi connectivity index (χ0) is 33.5. The van der Waals surface area contributed by atoms with E-state index in [-0.39, 0.29) is 31.1 Å². The van der Waals surface area contributed by atoms with Gasteiger partial charge >= 0.3 is 12.1 Å². The molecule has 0 aliphatic carbocycles. The molecule has 0 spiro atoms. The van der Waals surface area contributed by atoms with Gasteiger partial charge < -0.3 is 35.3 Å². The van der Waals surface area contributed by atoms with Crippen LogP contribution in [0.2, 0.25) is 0 Å². The van der Waals surface area contributed by atoms with Crippen LogP contribution in [0.4, 0.5) is 4.79 Å². The van der Waals surface area contributed by atoms with E-state index >= 15 is 0 Å². The smallest absolute Gasteiger partial charge is 0.408 e. The lowest BCUT2D eigenvalue weighted by Crippen LogP contribution is -2.53. The van der Waals surface area contributed by atoms with Gasteiger partial charge in [-0.3, -0.25) is 14.4 Å². The summed E-state index contributed by atoms with van der Waals surface area (Å²) in [5.74, 6) is -0.863. The first kappa shape index (κ1) is 38.7. The predicted octanol–water partition coefficient (Wildman–Crippen LogP) is 4.43. The van der Waals surface area contributed by atoms with Crippen LogP contribution in [0.25, 0.3) is 0 Å². The van der Waals surface area contributed by atoms with Gasteiger partial charge in [-0.15, -0.1) is 0 Å². The summed E-state index contributed by atoms with van der Waals surface area (Å²) >= 11 is 0. The van der Waals surface area contributed by atoms with Crippen LogP contribution in [0.3, 0.4) is 0 Å². The molecule has 3 amide bonds. The molecule has 0 saturated heterocycles. The fourth-order valence-corrected chi connectivity index (χ4v) is 4.15. The number of hydrogen-bond acceptors (Lipinski definition) is 8. The second kappa shape index (κ2) is 18.5. The van der Waals surface area contributed by atoms with Gasteiger partial charge in [0.25, 0.3) is 0 Å². The van der Waals surface area contributed by atoms with Gasteiger partial charge in [-0.05, 0) is 91.8 Å². The van der Waals surface area contributed by atoms with E-state index in [2.05, 4.69) is 16.0 Å². The van der Waals surface area contributed by atoms with E-state index in [0.717, 1.165) is 18.4 Å². The highest BCUT2D eigenvalue weighted by atomic mass is 16.6. The van der Waals surface area contributed by atoms with E-state index in [1.807, 2.05) is 39.8 Å². The Morgan fingerprint density at radius 3 is 2.18 bits per heavy atom. The summed E-state index contributed by atoms with van der Waals surface area (Å²) in [7, 11) is 0. The van der Waals surface area contributed by atoms with Gasteiger partial charge in [-0.2, -0.15) is 0 Å². The highest BCUT2D eigenvalue weighted by Crippen LogP contribution is 2.19. The third-order valence-electron chi connectivity index (χ3n) is 6.36. The second-order valence-corrected chi connectivity index (χ2v) is 13.2. The number of rotatable bonds is 17. The Morgan fingerprint density at radius 1 is 0.909 bits per heavy atom. The fraction of sp³-hybridized carbons (Fsp3) is 0.697. The van der Waals surface area contributed by atoms with Crippen LogP contribution in [0.5, 0.6) is 5.75 Å². The van der Waals surface area contributed by atoms with Gasteiger partial charge in [0.15, 0.2) is 0 Å². The number of hydrogen-bond donors (Lipinski definition) is 4. The van der Waals surface area contributed by atoms with Crippen molar-refractivity contribution in [2.45, 2.75) is 130 Å². The van der Waals surface area contributed by atoms with Crippen LogP contribution in [-0.4, -0.2) is 71.5 Å². The number of benzene rings is 1. The molecular formula is C33H55N3O8. The van der Waals surface area contributed by atoms with Gasteiger partial charge in [0.2, 0.25) is 11.8 Å². The van der Waals surface area contributed by atoms with Gasteiger partial charge in [0.1, 0.15) is 23.0 Å². The number of alkyl carbamates (subject to hydrolysis) is 1. The highest BCUT2D eigenvalue weighted by Gasteiger charge is 2.29. The molecule has 0 saturated carbocycles. The van der Waals surface area contributed by atoms with Crippen LogP contribution in [0, 0.1) is 5.92 Å². The Kier molecular flexibility index (Phi) is 16.2. The third-order valence-corrected chi connectivity index (χ3v) is 6.36. The quantitative estimate of drug-likeness (QED) is 0.147. The summed E-state index contributed by atoms with van der Waals surface area (Å²) in [5, 5.41) is 19.5. The lowest BCUT2D eigenvalue weighted by atomic mass is 9.93. The lowest BCUT2D eigenvalue weighted by molar-refractivity contribution is -0.155. The van der Waals surface area contributed by atoms with Crippen LogP contribution < -0.4 is 20.7 Å². The minimum atomic E-state index is -1.06. The van der Waals surface area contributed by atoms with Crippen molar-refractivity contribution < 1.29 is 38.5 Å². The first-order chi connectivity index (χ1) is 20.4. The van der Waals surface area contributed by atoms with Gasteiger partial charge in [0.05, 0.1) is 18.8 Å². The number of nitrogens with one attached hydrogen (secondary N) is 3. The molecule has 44 heavy (non-hydrogen) atoms. The van der Waals surface area contributed by atoms with Crippen molar-refractivity contribution in [1.82, 2.24) is 16.0 Å². The van der Waals surface area contributed by atoms with Crippen molar-refractivity contribution in [3.8, 4) is 5.75 Å². The standard InChI is InChI=1S/C33H55N3O8/c1-10-11-17-34-29(39)22(2)19-27(37)26(36-30(40)23(3)35-31(41)44-33(7,8)9)21-24-14-12-15-25(20-24)42-18-13-16-28(38)43-32(4,5)6/h12,14-15,20,22-23,26-27,37H,10-11,13,16-19,21H2,1-9H3,(H,34,39)(H,35,41)(H,36,40)/t22-,23?,26+,27+/m1/s1. The maximum atomic E-state index is 13.1. The molecule has 0 radical (unpaired) electrons. The van der Waals surface area contributed by atoms with E-state index in [0.29, 0.717) is 25.3 Å². The first-order valence-corrected chi connectivity index (χ1v) is 15.6. The first-order valence-electron chi connectivity index (χ1n) is 15.6. The number of aliphatic hydroxyl groups excluding tert-OH is 1. The third kappa shape index (κ3) is 17.1. The van der Waals surface area contributed by atoms with Crippen molar-refractivity contribution in [2.75, 3.05) is 13.2 Å². The minimum Gasteiger partial charge on any atom is -0.494 e. The van der Waals surface area contributed by atoms with Crippen LogP contribution in [-0.2, 0) is 30.3 Å². The minimum absolute atomic E-state index is 0.123. The number of esters is 1. The number of carbonyl (C=O) groups is 4. The van der Waals surface area contributed by atoms with Crippen molar-refractivity contribution in [2.24, 2.45) is 5.92 Å². The molecule has 0 heterocycles. The Bertz CT molecular complexity index is 1060. The largest absolute Gasteiger partial charge is 0.494 e. The molecule has 0 bridgehead atoms. The Hall–Kier alpha value is -3.34. The number of amides is 3. The van der Waals surface area contributed by atoms with E-state index < -0.39 is 47.3 Å². The van der Waals surface area contributed by atoms with Crippen molar-refractivity contribution in [3.63, 3.8) is 0 Å². The average Bonchev–Trinajstić information content (AvgIpc) is 2.88. The zero-order valence-corrected chi connectivity index (χ0v) is 28.1. The monoisotopic (exact) mass is 621 g/mol. The predicted molar refractivity (Wildman–Crippen MR) is 169 cm³/mol. The summed E-state index contributed by atoms with van der Waals surface area (Å²) in [4.78, 5) is 49.8. The van der Waals surface area contributed by atoms with Gasteiger partial charge in [-0.1, -0.05) is 32.4 Å². The molecule has 0 aliphatic rings. The molecule has 1 aromatic rings. The Morgan fingerprint density at radius 2 is 1.57 bits per heavy atom. The van der Waals surface area contributed by atoms with Crippen molar-refractivity contribution >= 4 is 23.9 Å². The number of carbonyl (C=O) groups excluding carboxylic acids is 4. The summed E-state index contributed by atoms with van der Waals surface area (Å²) in [6.07, 6.45) is 1.11. The number of aliphatic hydroxyl groups is 1. The normalized spacial score (nSPS) is 14.4. The molecular weight excluding hydrogens is 566 g/mol. The number of unbranched alkanes of at least 4 members (excludes halogenated alkanes) is 1. The Balaban J connectivity index is 2.95. The maximum absolute atomic E-state index is 13.1. The van der Waals surface area contributed by atoms with Gasteiger partial charge in [0, 0.05) is 18.9 Å².